The molecule has 4 rings (SSSR count). The summed E-state index contributed by atoms with van der Waals surface area (Å²) >= 11 is 0. The van der Waals surface area contributed by atoms with Crippen molar-refractivity contribution in [3.63, 3.8) is 0 Å². The van der Waals surface area contributed by atoms with Gasteiger partial charge >= 0.3 is 0 Å². The van der Waals surface area contributed by atoms with E-state index in [1.807, 2.05) is 13.0 Å². The Labute approximate surface area is 163 Å². The molecule has 2 aromatic carbocycles. The van der Waals surface area contributed by atoms with E-state index in [9.17, 15) is 13.2 Å². The predicted molar refractivity (Wildman–Crippen MR) is 101 cm³/mol. The van der Waals surface area contributed by atoms with E-state index in [-0.39, 0.29) is 23.0 Å². The van der Waals surface area contributed by atoms with E-state index < -0.39 is 23.6 Å². The van der Waals surface area contributed by atoms with Crippen LogP contribution in [0.2, 0.25) is 0 Å². The van der Waals surface area contributed by atoms with Gasteiger partial charge in [0.1, 0.15) is 0 Å². The second kappa shape index (κ2) is 7.63. The first kappa shape index (κ1) is 19.1. The average Bonchev–Trinajstić information content (AvgIpc) is 2.72. The van der Waals surface area contributed by atoms with Gasteiger partial charge in [0.15, 0.2) is 23.1 Å². The number of ether oxygens (including phenoxy) is 2. The molecular formula is C23H23F3O2. The van der Waals surface area contributed by atoms with E-state index in [0.29, 0.717) is 42.6 Å². The molecule has 2 nitrogen and oxygen atoms in total. The molecule has 0 aromatic heterocycles. The van der Waals surface area contributed by atoms with E-state index in [2.05, 4.69) is 6.58 Å². The fourth-order valence-electron chi connectivity index (χ4n) is 4.02. The van der Waals surface area contributed by atoms with Crippen LogP contribution in [-0.2, 0) is 17.6 Å². The van der Waals surface area contributed by atoms with Crippen molar-refractivity contribution in [2.45, 2.75) is 45.1 Å². The van der Waals surface area contributed by atoms with Gasteiger partial charge in [-0.15, -0.1) is 6.58 Å². The van der Waals surface area contributed by atoms with E-state index in [0.717, 1.165) is 12.8 Å². The maximum Gasteiger partial charge on any atom is 0.201 e. The average molecular weight is 388 g/mol. The highest BCUT2D eigenvalue weighted by Crippen LogP contribution is 2.44. The van der Waals surface area contributed by atoms with Gasteiger partial charge in [0.2, 0.25) is 5.82 Å². The number of halogens is 3. The molecule has 2 aliphatic rings. The zero-order valence-electron chi connectivity index (χ0n) is 15.9. The van der Waals surface area contributed by atoms with Gasteiger partial charge in [0.05, 0.1) is 12.7 Å². The fraction of sp³-hybridized carbons (Fsp3) is 0.391. The molecule has 2 atom stereocenters. The lowest BCUT2D eigenvalue weighted by molar-refractivity contribution is -0.00744. The Morgan fingerprint density at radius 2 is 1.86 bits per heavy atom. The van der Waals surface area contributed by atoms with E-state index >= 15 is 0 Å². The molecular weight excluding hydrogens is 365 g/mol. The van der Waals surface area contributed by atoms with Crippen molar-refractivity contribution in [2.75, 3.05) is 6.61 Å². The van der Waals surface area contributed by atoms with Gasteiger partial charge in [0, 0.05) is 29.0 Å². The minimum Gasteiger partial charge on any atom is -0.450 e. The van der Waals surface area contributed by atoms with Gasteiger partial charge in [-0.05, 0) is 30.9 Å². The lowest BCUT2D eigenvalue weighted by atomic mass is 9.91. The largest absolute Gasteiger partial charge is 0.450 e. The summed E-state index contributed by atoms with van der Waals surface area (Å²) in [7, 11) is 0. The van der Waals surface area contributed by atoms with E-state index in [1.54, 1.807) is 18.2 Å². The molecule has 2 aromatic rings. The van der Waals surface area contributed by atoms with Crippen molar-refractivity contribution in [3.8, 4) is 11.5 Å². The smallest absolute Gasteiger partial charge is 0.201 e. The Morgan fingerprint density at radius 3 is 2.54 bits per heavy atom. The third kappa shape index (κ3) is 3.22. The van der Waals surface area contributed by atoms with Crippen molar-refractivity contribution in [2.24, 2.45) is 5.92 Å². The number of benzene rings is 2. The molecule has 1 saturated heterocycles. The van der Waals surface area contributed by atoms with Crippen molar-refractivity contribution in [1.29, 1.82) is 0 Å². The first-order valence-corrected chi connectivity index (χ1v) is 9.76. The van der Waals surface area contributed by atoms with Crippen molar-refractivity contribution in [1.82, 2.24) is 0 Å². The Kier molecular flexibility index (Phi) is 5.19. The molecule has 0 spiro atoms. The molecule has 0 amide bonds. The minimum atomic E-state index is -1.08. The van der Waals surface area contributed by atoms with Gasteiger partial charge in [-0.3, -0.25) is 0 Å². The summed E-state index contributed by atoms with van der Waals surface area (Å²) < 4.78 is 55.6. The Bertz CT molecular complexity index is 915. The molecule has 2 unspecified atom stereocenters. The van der Waals surface area contributed by atoms with Gasteiger partial charge in [-0.2, -0.15) is 4.39 Å². The summed E-state index contributed by atoms with van der Waals surface area (Å²) in [5.74, 6) is -2.52. The zero-order chi connectivity index (χ0) is 19.8. The summed E-state index contributed by atoms with van der Waals surface area (Å²) in [6.45, 7) is 6.15. The van der Waals surface area contributed by atoms with E-state index in [4.69, 9.17) is 9.47 Å². The molecule has 2 heterocycles. The summed E-state index contributed by atoms with van der Waals surface area (Å²) in [6, 6.07) is 5.15. The summed E-state index contributed by atoms with van der Waals surface area (Å²) in [4.78, 5) is 0. The van der Waals surface area contributed by atoms with Crippen molar-refractivity contribution in [3.05, 3.63) is 70.6 Å². The molecule has 0 N–H and O–H groups in total. The maximum absolute atomic E-state index is 14.8. The molecule has 0 saturated carbocycles. The summed E-state index contributed by atoms with van der Waals surface area (Å²) in [5, 5.41) is 0. The van der Waals surface area contributed by atoms with Gasteiger partial charge in [-0.25, -0.2) is 8.78 Å². The highest BCUT2D eigenvalue weighted by Gasteiger charge is 2.31. The summed E-state index contributed by atoms with van der Waals surface area (Å²) in [5.41, 5.74) is 1.88. The van der Waals surface area contributed by atoms with Crippen LogP contribution in [0.3, 0.4) is 0 Å². The third-order valence-electron chi connectivity index (χ3n) is 5.62. The molecule has 148 valence electrons. The number of fused-ring (bicyclic) bond motifs is 2. The van der Waals surface area contributed by atoms with Crippen LogP contribution in [0, 0.1) is 23.4 Å². The normalized spacial score (nSPS) is 20.9. The van der Waals surface area contributed by atoms with Crippen LogP contribution >= 0.6 is 0 Å². The molecule has 0 aliphatic carbocycles. The SMILES string of the molecule is C=CC1CCC(c2cc3c(c(F)c2F)Oc2c(ccc(CCC)c2F)C3)OC1. The Hall–Kier alpha value is -2.27. The quantitative estimate of drug-likeness (QED) is 0.481. The number of rotatable bonds is 4. The van der Waals surface area contributed by atoms with Gasteiger partial charge in [0.25, 0.3) is 0 Å². The van der Waals surface area contributed by atoms with Crippen molar-refractivity contribution < 1.29 is 22.6 Å². The second-order valence-electron chi connectivity index (χ2n) is 7.53. The Balaban J connectivity index is 1.68. The van der Waals surface area contributed by atoms with Crippen LogP contribution in [0.15, 0.2) is 30.9 Å². The first-order chi connectivity index (χ1) is 13.5. The molecule has 2 aliphatic heterocycles. The number of aryl methyl sites for hydroxylation is 1. The van der Waals surface area contributed by atoms with Crippen molar-refractivity contribution >= 4 is 0 Å². The monoisotopic (exact) mass is 388 g/mol. The number of hydrogen-bond donors (Lipinski definition) is 0. The standard InChI is InChI=1S/C23H23F3O2/c1-3-5-14-7-8-15-10-16-11-17(18-9-6-13(4-2)12-27-18)20(25)21(26)23(16)28-22(15)19(14)24/h4,7-8,11,13,18H,2-3,5-6,9-10,12H2,1H3. The first-order valence-electron chi connectivity index (χ1n) is 9.76. The second-order valence-corrected chi connectivity index (χ2v) is 7.53. The van der Waals surface area contributed by atoms with Crippen LogP contribution < -0.4 is 4.74 Å². The van der Waals surface area contributed by atoms with Gasteiger partial charge < -0.3 is 9.47 Å². The lowest BCUT2D eigenvalue weighted by Crippen LogP contribution is -2.21. The van der Waals surface area contributed by atoms with E-state index in [1.165, 1.54) is 0 Å². The maximum atomic E-state index is 14.8. The van der Waals surface area contributed by atoms with Crippen LogP contribution in [0.25, 0.3) is 0 Å². The molecule has 0 radical (unpaired) electrons. The fourth-order valence-corrected chi connectivity index (χ4v) is 4.02. The number of hydrogen-bond acceptors (Lipinski definition) is 2. The van der Waals surface area contributed by atoms with Crippen LogP contribution in [0.4, 0.5) is 13.2 Å². The molecule has 1 fully saturated rings. The minimum absolute atomic E-state index is 0.00670. The van der Waals surface area contributed by atoms with Crippen LogP contribution in [-0.4, -0.2) is 6.61 Å². The Morgan fingerprint density at radius 1 is 1.07 bits per heavy atom. The molecule has 28 heavy (non-hydrogen) atoms. The summed E-state index contributed by atoms with van der Waals surface area (Å²) in [6.07, 6.45) is 4.38. The van der Waals surface area contributed by atoms with Gasteiger partial charge in [-0.1, -0.05) is 31.6 Å². The highest BCUT2D eigenvalue weighted by molar-refractivity contribution is 5.54. The van der Waals surface area contributed by atoms with Crippen LogP contribution in [0.5, 0.6) is 11.5 Å². The zero-order valence-corrected chi connectivity index (χ0v) is 15.9. The topological polar surface area (TPSA) is 18.5 Å². The molecule has 5 heteroatoms. The van der Waals surface area contributed by atoms with Crippen LogP contribution in [0.1, 0.15) is 54.5 Å². The third-order valence-corrected chi connectivity index (χ3v) is 5.62. The highest BCUT2D eigenvalue weighted by atomic mass is 19.2. The molecule has 0 bridgehead atoms. The lowest BCUT2D eigenvalue weighted by Gasteiger charge is -2.29. The predicted octanol–water partition coefficient (Wildman–Crippen LogP) is 6.41.